The summed E-state index contributed by atoms with van der Waals surface area (Å²) in [5.41, 5.74) is 0. The summed E-state index contributed by atoms with van der Waals surface area (Å²) in [6, 6.07) is 0. The second-order valence-corrected chi connectivity index (χ2v) is 2.37. The van der Waals surface area contributed by atoms with E-state index in [-0.39, 0.29) is 0 Å². The van der Waals surface area contributed by atoms with Crippen LogP contribution in [0.1, 0.15) is 0 Å². The minimum absolute atomic E-state index is 0.332. The molecular weight excluding hydrogens is 128 g/mol. The van der Waals surface area contributed by atoms with Crippen LogP contribution >= 0.6 is 0 Å². The molecule has 0 atom stereocenters. The zero-order valence-electron chi connectivity index (χ0n) is 5.97. The molecule has 0 saturated carbocycles. The lowest BCUT2D eigenvalue weighted by molar-refractivity contribution is 0.165. The Balaban J connectivity index is 3.30. The first-order chi connectivity index (χ1) is 4.35. The molecule has 0 aromatic carbocycles. The summed E-state index contributed by atoms with van der Waals surface area (Å²) in [7, 11) is 1.11. The van der Waals surface area contributed by atoms with E-state index in [0.29, 0.717) is 5.92 Å². The van der Waals surface area contributed by atoms with Gasteiger partial charge >= 0.3 is 0 Å². The highest BCUT2D eigenvalue weighted by atomic mass is 28.1. The van der Waals surface area contributed by atoms with Gasteiger partial charge in [0.05, 0.1) is 6.61 Å². The molecule has 1 nitrogen and oxygen atoms in total. The van der Waals surface area contributed by atoms with Gasteiger partial charge in [0.15, 0.2) is 0 Å². The van der Waals surface area contributed by atoms with E-state index in [1.807, 2.05) is 12.2 Å². The first kappa shape index (κ1) is 8.66. The predicted octanol–water partition coefficient (Wildman–Crippen LogP) is 0.314. The van der Waals surface area contributed by atoms with E-state index in [9.17, 15) is 0 Å². The van der Waals surface area contributed by atoms with Gasteiger partial charge in [-0.15, -0.1) is 13.2 Å². The third-order valence-corrected chi connectivity index (χ3v) is 1.53. The van der Waals surface area contributed by atoms with E-state index in [0.717, 1.165) is 23.1 Å². The standard InChI is InChI=1S/C7H14OSi/c1-3-7(4-2)5-8-6-9/h3-4,7H,1-2,5-6H2,9H3. The average molecular weight is 142 g/mol. The van der Waals surface area contributed by atoms with Gasteiger partial charge in [0, 0.05) is 22.4 Å². The molecule has 9 heavy (non-hydrogen) atoms. The van der Waals surface area contributed by atoms with E-state index in [1.54, 1.807) is 0 Å². The van der Waals surface area contributed by atoms with Gasteiger partial charge in [-0.25, -0.2) is 0 Å². The number of rotatable bonds is 5. The van der Waals surface area contributed by atoms with Crippen LogP contribution in [0.15, 0.2) is 25.3 Å². The SMILES string of the molecule is C=CC(C=C)COC[SiH3]. The van der Waals surface area contributed by atoms with Crippen molar-refractivity contribution in [1.29, 1.82) is 0 Å². The third kappa shape index (κ3) is 4.18. The zero-order valence-corrected chi connectivity index (χ0v) is 7.97. The van der Waals surface area contributed by atoms with Crippen molar-refractivity contribution in [2.24, 2.45) is 5.92 Å². The highest BCUT2D eigenvalue weighted by Crippen LogP contribution is 1.97. The summed E-state index contributed by atoms with van der Waals surface area (Å²) >= 11 is 0. The Morgan fingerprint density at radius 1 is 1.44 bits per heavy atom. The second kappa shape index (κ2) is 5.79. The molecule has 0 unspecified atom stereocenters. The fourth-order valence-electron chi connectivity index (χ4n) is 0.486. The smallest absolute Gasteiger partial charge is 0.0558 e. The molecule has 0 saturated heterocycles. The lowest BCUT2D eigenvalue weighted by Crippen LogP contribution is -2.04. The van der Waals surface area contributed by atoms with Crippen molar-refractivity contribution in [3.8, 4) is 0 Å². The highest BCUT2D eigenvalue weighted by molar-refractivity contribution is 6.08. The van der Waals surface area contributed by atoms with Crippen LogP contribution in [-0.2, 0) is 4.74 Å². The molecule has 0 aromatic heterocycles. The van der Waals surface area contributed by atoms with Crippen molar-refractivity contribution in [2.45, 2.75) is 0 Å². The Bertz CT molecular complexity index is 82.9. The van der Waals surface area contributed by atoms with Crippen molar-refractivity contribution in [1.82, 2.24) is 0 Å². The average Bonchev–Trinajstić information content (AvgIpc) is 1.91. The number of hydrogen-bond donors (Lipinski definition) is 0. The van der Waals surface area contributed by atoms with Crippen LogP contribution in [0.3, 0.4) is 0 Å². The van der Waals surface area contributed by atoms with Gasteiger partial charge in [-0.3, -0.25) is 0 Å². The van der Waals surface area contributed by atoms with Gasteiger partial charge in [0.1, 0.15) is 0 Å². The highest BCUT2D eigenvalue weighted by Gasteiger charge is 1.94. The lowest BCUT2D eigenvalue weighted by atomic mass is 10.2. The maximum atomic E-state index is 5.20. The normalized spacial score (nSPS) is 9.89. The molecule has 0 aliphatic heterocycles. The van der Waals surface area contributed by atoms with Crippen molar-refractivity contribution in [2.75, 3.05) is 12.8 Å². The molecule has 0 fully saturated rings. The van der Waals surface area contributed by atoms with Gasteiger partial charge < -0.3 is 4.74 Å². The van der Waals surface area contributed by atoms with Crippen molar-refractivity contribution < 1.29 is 4.74 Å². The van der Waals surface area contributed by atoms with Crippen LogP contribution in [0, 0.1) is 5.92 Å². The topological polar surface area (TPSA) is 9.23 Å². The largest absolute Gasteiger partial charge is 0.385 e. The molecule has 0 amide bonds. The van der Waals surface area contributed by atoms with Crippen molar-refractivity contribution >= 4 is 10.2 Å². The Hall–Kier alpha value is -0.343. The van der Waals surface area contributed by atoms with Gasteiger partial charge in [0.2, 0.25) is 0 Å². The third-order valence-electron chi connectivity index (χ3n) is 1.12. The zero-order chi connectivity index (χ0) is 7.11. The van der Waals surface area contributed by atoms with Gasteiger partial charge in [-0.2, -0.15) is 0 Å². The molecule has 52 valence electrons. The van der Waals surface area contributed by atoms with E-state index in [2.05, 4.69) is 13.2 Å². The van der Waals surface area contributed by atoms with Crippen molar-refractivity contribution in [3.63, 3.8) is 0 Å². The molecule has 0 aromatic rings. The van der Waals surface area contributed by atoms with Crippen LogP contribution in [0.25, 0.3) is 0 Å². The summed E-state index contributed by atoms with van der Waals surface area (Å²) < 4.78 is 5.20. The molecular formula is C7H14OSi. The predicted molar refractivity (Wildman–Crippen MR) is 44.6 cm³/mol. The Morgan fingerprint density at radius 2 is 2.00 bits per heavy atom. The molecule has 0 bridgehead atoms. The van der Waals surface area contributed by atoms with E-state index < -0.39 is 0 Å². The van der Waals surface area contributed by atoms with Crippen molar-refractivity contribution in [3.05, 3.63) is 25.3 Å². The summed E-state index contributed by atoms with van der Waals surface area (Å²) in [6.45, 7) is 8.04. The molecule has 0 rings (SSSR count). The maximum Gasteiger partial charge on any atom is 0.0558 e. The fraction of sp³-hybridized carbons (Fsp3) is 0.429. The van der Waals surface area contributed by atoms with E-state index in [1.165, 1.54) is 0 Å². The van der Waals surface area contributed by atoms with Crippen LogP contribution in [0.5, 0.6) is 0 Å². The molecule has 0 radical (unpaired) electrons. The molecule has 0 spiro atoms. The summed E-state index contributed by atoms with van der Waals surface area (Å²) in [6.07, 6.45) is 4.60. The van der Waals surface area contributed by atoms with Crippen LogP contribution in [0.4, 0.5) is 0 Å². The second-order valence-electron chi connectivity index (χ2n) is 1.79. The van der Waals surface area contributed by atoms with Crippen LogP contribution < -0.4 is 0 Å². The summed E-state index contributed by atoms with van der Waals surface area (Å²) in [5.74, 6) is 0.332. The Kier molecular flexibility index (Phi) is 5.57. The van der Waals surface area contributed by atoms with E-state index >= 15 is 0 Å². The van der Waals surface area contributed by atoms with Crippen LogP contribution in [-0.4, -0.2) is 23.1 Å². The van der Waals surface area contributed by atoms with Gasteiger partial charge in [-0.1, -0.05) is 12.2 Å². The first-order valence-corrected chi connectivity index (χ1v) is 4.59. The van der Waals surface area contributed by atoms with E-state index in [4.69, 9.17) is 4.74 Å². The lowest BCUT2D eigenvalue weighted by Gasteiger charge is -2.04. The summed E-state index contributed by atoms with van der Waals surface area (Å²) in [4.78, 5) is 0. The molecule has 0 aliphatic rings. The number of hydrogen-bond acceptors (Lipinski definition) is 1. The quantitative estimate of drug-likeness (QED) is 0.397. The number of ether oxygens (including phenoxy) is 1. The van der Waals surface area contributed by atoms with Gasteiger partial charge in [0.25, 0.3) is 0 Å². The minimum atomic E-state index is 0.332. The Morgan fingerprint density at radius 3 is 2.33 bits per heavy atom. The monoisotopic (exact) mass is 142 g/mol. The maximum absolute atomic E-state index is 5.20. The molecule has 2 heteroatoms. The Labute approximate surface area is 59.8 Å². The first-order valence-electron chi connectivity index (χ1n) is 3.18. The van der Waals surface area contributed by atoms with Gasteiger partial charge in [-0.05, 0) is 0 Å². The molecule has 0 N–H and O–H groups in total. The molecule has 0 heterocycles. The molecule has 0 aliphatic carbocycles. The van der Waals surface area contributed by atoms with Crippen LogP contribution in [0.2, 0.25) is 0 Å². The summed E-state index contributed by atoms with van der Waals surface area (Å²) in [5, 5.41) is 0. The minimum Gasteiger partial charge on any atom is -0.385 e. The fourth-order valence-corrected chi connectivity index (χ4v) is 0.722.